The molecular weight excluding hydrogens is 510 g/mol. The zero-order chi connectivity index (χ0) is 26.4. The fraction of sp³-hybridized carbons (Fsp3) is 0.0714. The summed E-state index contributed by atoms with van der Waals surface area (Å²) in [5, 5.41) is 10.4. The van der Waals surface area contributed by atoms with Gasteiger partial charge < -0.3 is 18.7 Å². The molecule has 3 heterocycles. The van der Waals surface area contributed by atoms with Crippen LogP contribution in [0.1, 0.15) is 22.9 Å². The minimum absolute atomic E-state index is 0.0366. The molecular formula is C28H19NO8S. The molecule has 0 saturated heterocycles. The largest absolute Gasteiger partial charge is 0.508 e. The monoisotopic (exact) mass is 529 g/mol. The molecule has 1 aliphatic rings. The average Bonchev–Trinajstić information content (AvgIpc) is 2.90. The summed E-state index contributed by atoms with van der Waals surface area (Å²) in [6.07, 6.45) is -1.24. The molecule has 0 amide bonds. The van der Waals surface area contributed by atoms with Crippen molar-refractivity contribution in [3.8, 4) is 22.8 Å². The van der Waals surface area contributed by atoms with Crippen LogP contribution in [-0.4, -0.2) is 13.5 Å². The lowest BCUT2D eigenvalue weighted by atomic mass is 9.98. The second kappa shape index (κ2) is 9.02. The maximum atomic E-state index is 13.1. The Morgan fingerprint density at radius 1 is 0.842 bits per heavy atom. The van der Waals surface area contributed by atoms with Crippen LogP contribution in [0.3, 0.4) is 0 Å². The topological polar surface area (TPSA) is 136 Å². The van der Waals surface area contributed by atoms with Gasteiger partial charge in [0.25, 0.3) is 0 Å². The Hall–Kier alpha value is -4.67. The van der Waals surface area contributed by atoms with Crippen LogP contribution in [0.4, 0.5) is 0 Å². The predicted octanol–water partition coefficient (Wildman–Crippen LogP) is 4.08. The lowest BCUT2D eigenvalue weighted by Gasteiger charge is -2.28. The van der Waals surface area contributed by atoms with Crippen LogP contribution in [-0.2, 0) is 16.4 Å². The van der Waals surface area contributed by atoms with Gasteiger partial charge in [-0.2, -0.15) is 4.72 Å². The summed E-state index contributed by atoms with van der Waals surface area (Å²) in [6.45, 7) is 0. The molecule has 6 rings (SSSR count). The van der Waals surface area contributed by atoms with Crippen LogP contribution in [0.15, 0.2) is 108 Å². The molecule has 2 N–H and O–H groups in total. The van der Waals surface area contributed by atoms with E-state index in [0.717, 1.165) is 0 Å². The van der Waals surface area contributed by atoms with Gasteiger partial charge >= 0.3 is 11.3 Å². The van der Waals surface area contributed by atoms with Crippen molar-refractivity contribution in [3.05, 3.63) is 122 Å². The maximum Gasteiger partial charge on any atom is 0.339 e. The van der Waals surface area contributed by atoms with Gasteiger partial charge in [-0.05, 0) is 54.1 Å². The first kappa shape index (κ1) is 23.7. The van der Waals surface area contributed by atoms with Crippen molar-refractivity contribution < 1.29 is 27.1 Å². The minimum Gasteiger partial charge on any atom is -0.508 e. The SMILES string of the molecule is O=c1cc(Cc2cc3c(oc2=O)-c2ccccc2OC3NS(=O)(=O)c2ccccc2)c2cc(O)ccc2o1. The number of hydrogen-bond donors (Lipinski definition) is 2. The Kier molecular flexibility index (Phi) is 5.63. The summed E-state index contributed by atoms with van der Waals surface area (Å²) in [5.74, 6) is 0.487. The van der Waals surface area contributed by atoms with E-state index in [9.17, 15) is 23.1 Å². The second-order valence-corrected chi connectivity index (χ2v) is 10.4. The first-order valence-electron chi connectivity index (χ1n) is 11.5. The fourth-order valence-corrected chi connectivity index (χ4v) is 5.58. The maximum absolute atomic E-state index is 13.1. The second-order valence-electron chi connectivity index (χ2n) is 8.72. The minimum atomic E-state index is -4.00. The van der Waals surface area contributed by atoms with E-state index in [1.54, 1.807) is 42.5 Å². The summed E-state index contributed by atoms with van der Waals surface area (Å²) < 4.78 is 45.8. The van der Waals surface area contributed by atoms with E-state index in [1.165, 1.54) is 42.5 Å². The van der Waals surface area contributed by atoms with Gasteiger partial charge in [-0.25, -0.2) is 18.0 Å². The van der Waals surface area contributed by atoms with Crippen molar-refractivity contribution in [1.82, 2.24) is 4.72 Å². The highest BCUT2D eigenvalue weighted by Gasteiger charge is 2.33. The lowest BCUT2D eigenvalue weighted by Crippen LogP contribution is -2.34. The Balaban J connectivity index is 1.48. The molecule has 38 heavy (non-hydrogen) atoms. The first-order chi connectivity index (χ1) is 18.3. The van der Waals surface area contributed by atoms with E-state index in [-0.39, 0.29) is 34.0 Å². The molecule has 10 heteroatoms. The third-order valence-electron chi connectivity index (χ3n) is 6.22. The highest BCUT2D eigenvalue weighted by molar-refractivity contribution is 7.89. The highest BCUT2D eigenvalue weighted by Crippen LogP contribution is 2.41. The molecule has 5 aromatic rings. The van der Waals surface area contributed by atoms with Gasteiger partial charge in [0.15, 0.2) is 12.0 Å². The molecule has 1 aliphatic heterocycles. The zero-order valence-electron chi connectivity index (χ0n) is 19.6. The van der Waals surface area contributed by atoms with Crippen LogP contribution in [0.25, 0.3) is 22.3 Å². The number of nitrogens with one attached hydrogen (secondary N) is 1. The van der Waals surface area contributed by atoms with Crippen LogP contribution in [0, 0.1) is 0 Å². The summed E-state index contributed by atoms with van der Waals surface area (Å²) in [6, 6.07) is 21.7. The number of sulfonamides is 1. The van der Waals surface area contributed by atoms with E-state index in [0.29, 0.717) is 27.8 Å². The molecule has 0 aliphatic carbocycles. The fourth-order valence-electron chi connectivity index (χ4n) is 4.47. The van der Waals surface area contributed by atoms with Crippen LogP contribution >= 0.6 is 0 Å². The molecule has 0 bridgehead atoms. The van der Waals surface area contributed by atoms with Crippen molar-refractivity contribution in [2.24, 2.45) is 0 Å². The third-order valence-corrected chi connectivity index (χ3v) is 7.63. The van der Waals surface area contributed by atoms with Crippen LogP contribution in [0.5, 0.6) is 11.5 Å². The standard InChI is InChI=1S/C28H19NO8S/c30-18-10-11-24-21(15-18)16(14-25(31)35-24)12-17-13-22-26(37-28(17)32)20-8-4-5-9-23(20)36-27(22)29-38(33,34)19-6-2-1-3-7-19/h1-11,13-15,27,29-30H,12H2. The smallest absolute Gasteiger partial charge is 0.339 e. The van der Waals surface area contributed by atoms with E-state index in [1.807, 2.05) is 0 Å². The molecule has 9 nitrogen and oxygen atoms in total. The summed E-state index contributed by atoms with van der Waals surface area (Å²) in [5.41, 5.74) is 0.352. The number of para-hydroxylation sites is 1. The molecule has 0 fully saturated rings. The lowest BCUT2D eigenvalue weighted by molar-refractivity contribution is 0.185. The number of phenolic OH excluding ortho intramolecular Hbond substituents is 1. The van der Waals surface area contributed by atoms with Crippen molar-refractivity contribution in [2.45, 2.75) is 17.5 Å². The van der Waals surface area contributed by atoms with Gasteiger partial charge in [0.05, 0.1) is 16.0 Å². The van der Waals surface area contributed by atoms with Gasteiger partial charge in [0.2, 0.25) is 10.0 Å². The van der Waals surface area contributed by atoms with E-state index >= 15 is 0 Å². The molecule has 0 spiro atoms. The molecule has 2 aromatic heterocycles. The van der Waals surface area contributed by atoms with Gasteiger partial charge in [-0.15, -0.1) is 0 Å². The molecule has 0 radical (unpaired) electrons. The Morgan fingerprint density at radius 2 is 1.61 bits per heavy atom. The normalized spacial score (nSPS) is 14.5. The quantitative estimate of drug-likeness (QED) is 0.325. The van der Waals surface area contributed by atoms with Crippen molar-refractivity contribution >= 4 is 21.0 Å². The summed E-state index contributed by atoms with van der Waals surface area (Å²) in [7, 11) is -4.00. The van der Waals surface area contributed by atoms with Gasteiger partial charge in [0, 0.05) is 23.4 Å². The highest BCUT2D eigenvalue weighted by atomic mass is 32.2. The summed E-state index contributed by atoms with van der Waals surface area (Å²) >= 11 is 0. The molecule has 3 aromatic carbocycles. The number of fused-ring (bicyclic) bond motifs is 4. The molecule has 0 saturated carbocycles. The zero-order valence-corrected chi connectivity index (χ0v) is 20.4. The van der Waals surface area contributed by atoms with Crippen molar-refractivity contribution in [1.29, 1.82) is 0 Å². The van der Waals surface area contributed by atoms with Crippen LogP contribution in [0.2, 0.25) is 0 Å². The molecule has 1 unspecified atom stereocenters. The number of phenols is 1. The van der Waals surface area contributed by atoms with Gasteiger partial charge in [-0.1, -0.05) is 30.3 Å². The average molecular weight is 530 g/mol. The van der Waals surface area contributed by atoms with Gasteiger partial charge in [-0.3, -0.25) is 0 Å². The number of benzene rings is 3. The molecule has 1 atom stereocenters. The van der Waals surface area contributed by atoms with E-state index in [2.05, 4.69) is 4.72 Å². The number of aromatic hydroxyl groups is 1. The van der Waals surface area contributed by atoms with Gasteiger partial charge in [0.1, 0.15) is 17.1 Å². The first-order valence-corrected chi connectivity index (χ1v) is 13.0. The Morgan fingerprint density at radius 3 is 2.42 bits per heavy atom. The molecule has 190 valence electrons. The predicted molar refractivity (Wildman–Crippen MR) is 138 cm³/mol. The number of rotatable bonds is 5. The third kappa shape index (κ3) is 4.25. The van der Waals surface area contributed by atoms with Crippen molar-refractivity contribution in [3.63, 3.8) is 0 Å². The summed E-state index contributed by atoms with van der Waals surface area (Å²) in [4.78, 5) is 25.3. The number of hydrogen-bond acceptors (Lipinski definition) is 8. The number of ether oxygens (including phenoxy) is 1. The van der Waals surface area contributed by atoms with Crippen molar-refractivity contribution in [2.75, 3.05) is 0 Å². The Bertz CT molecular complexity index is 1930. The Labute approximate surface area is 215 Å². The van der Waals surface area contributed by atoms with E-state index in [4.69, 9.17) is 13.6 Å². The van der Waals surface area contributed by atoms with E-state index < -0.39 is 27.5 Å². The van der Waals surface area contributed by atoms with Crippen LogP contribution < -0.4 is 20.7 Å².